The van der Waals surface area contributed by atoms with Crippen LogP contribution in [0.4, 0.5) is 5.69 Å². The Bertz CT molecular complexity index is 2750. The van der Waals surface area contributed by atoms with E-state index in [1.54, 1.807) is 0 Å². The van der Waals surface area contributed by atoms with E-state index in [2.05, 4.69) is 168 Å². The molecule has 4 heteroatoms. The number of hydrogen-bond acceptors (Lipinski definition) is 4. The Kier molecular flexibility index (Phi) is 7.92. The summed E-state index contributed by atoms with van der Waals surface area (Å²) in [5.74, 6) is 1.53. The van der Waals surface area contributed by atoms with Crippen molar-refractivity contribution in [3.63, 3.8) is 0 Å². The van der Waals surface area contributed by atoms with E-state index in [-0.39, 0.29) is 12.2 Å². The molecule has 2 aliphatic rings. The average Bonchev–Trinajstić information content (AvgIpc) is 3.26. The van der Waals surface area contributed by atoms with Crippen molar-refractivity contribution in [1.82, 2.24) is 5.32 Å². The molecule has 8 aromatic carbocycles. The maximum Gasteiger partial charge on any atom is 0.159 e. The summed E-state index contributed by atoms with van der Waals surface area (Å²) in [5.41, 5.74) is 11.5. The second-order valence-corrected chi connectivity index (χ2v) is 13.9. The lowest BCUT2D eigenvalue weighted by Gasteiger charge is -2.29. The number of nitrogens with one attached hydrogen (secondary N) is 2. The van der Waals surface area contributed by atoms with Gasteiger partial charge in [0.1, 0.15) is 12.0 Å². The minimum atomic E-state index is -0.229. The monoisotopic (exact) mass is 692 g/mol. The van der Waals surface area contributed by atoms with Crippen molar-refractivity contribution in [3.8, 4) is 11.1 Å². The molecular formula is C50H36N4. The quantitative estimate of drug-likeness (QED) is 0.182. The van der Waals surface area contributed by atoms with Crippen molar-refractivity contribution in [1.29, 1.82) is 0 Å². The van der Waals surface area contributed by atoms with Crippen molar-refractivity contribution in [2.75, 3.05) is 5.32 Å². The molecular weight excluding hydrogens is 657 g/mol. The highest BCUT2D eigenvalue weighted by atomic mass is 15.2. The van der Waals surface area contributed by atoms with Gasteiger partial charge < -0.3 is 10.6 Å². The van der Waals surface area contributed by atoms with Crippen LogP contribution in [0.2, 0.25) is 0 Å². The molecule has 2 unspecified atom stereocenters. The van der Waals surface area contributed by atoms with E-state index in [9.17, 15) is 0 Å². The molecule has 2 aliphatic heterocycles. The SMILES string of the molecule is C1=C(c2ccccc2)c2c(ccc3cc(-c4ccc(C5=NC(c6ccccc6)NC(c6ccccc6)=N5)cc4)ccc23)NC1c1ccc2ccccc2c1. The fourth-order valence-corrected chi connectivity index (χ4v) is 7.76. The minimum Gasteiger partial charge on any atom is -0.374 e. The Morgan fingerprint density at radius 3 is 1.85 bits per heavy atom. The molecule has 256 valence electrons. The van der Waals surface area contributed by atoms with Crippen molar-refractivity contribution in [2.45, 2.75) is 12.2 Å². The molecule has 4 nitrogen and oxygen atoms in total. The fourth-order valence-electron chi connectivity index (χ4n) is 7.76. The zero-order valence-electron chi connectivity index (χ0n) is 29.5. The summed E-state index contributed by atoms with van der Waals surface area (Å²) in [6.45, 7) is 0. The Morgan fingerprint density at radius 1 is 0.426 bits per heavy atom. The highest BCUT2D eigenvalue weighted by Gasteiger charge is 2.24. The van der Waals surface area contributed by atoms with Crippen molar-refractivity contribution in [2.24, 2.45) is 9.98 Å². The molecule has 54 heavy (non-hydrogen) atoms. The van der Waals surface area contributed by atoms with E-state index in [4.69, 9.17) is 9.98 Å². The van der Waals surface area contributed by atoms with Gasteiger partial charge in [-0.25, -0.2) is 9.98 Å². The van der Waals surface area contributed by atoms with Crippen LogP contribution in [0.15, 0.2) is 204 Å². The van der Waals surface area contributed by atoms with Crippen LogP contribution < -0.4 is 10.6 Å². The summed E-state index contributed by atoms with van der Waals surface area (Å²) in [6.07, 6.45) is 2.16. The number of amidine groups is 2. The lowest BCUT2D eigenvalue weighted by Crippen LogP contribution is -2.33. The molecule has 8 aromatic rings. The van der Waals surface area contributed by atoms with E-state index in [1.165, 1.54) is 49.4 Å². The van der Waals surface area contributed by atoms with Crippen LogP contribution in [0.1, 0.15) is 45.6 Å². The number of nitrogens with zero attached hydrogens (tertiary/aromatic N) is 2. The standard InChI is InChI=1S/C50H36N4/c1-4-13-35(14-5-1)44-32-46(42-25-22-33-12-10-11-19-39(33)31-42)51-45-29-27-41-30-40(26-28-43(41)47(44)45)34-20-23-38(24-21-34)50-53-48(36-15-6-2-7-16-36)52-49(54-50)37-17-8-3-9-18-37/h1-32,46,48,51H,(H,52,53,54). The van der Waals surface area contributed by atoms with Gasteiger partial charge in [0.15, 0.2) is 5.84 Å². The molecule has 2 atom stereocenters. The van der Waals surface area contributed by atoms with Crippen molar-refractivity contribution in [3.05, 3.63) is 228 Å². The van der Waals surface area contributed by atoms with Crippen molar-refractivity contribution >= 4 is 44.5 Å². The largest absolute Gasteiger partial charge is 0.374 e. The van der Waals surface area contributed by atoms with E-state index in [0.29, 0.717) is 5.84 Å². The first kappa shape index (κ1) is 31.7. The van der Waals surface area contributed by atoms with Gasteiger partial charge >= 0.3 is 0 Å². The van der Waals surface area contributed by atoms with E-state index < -0.39 is 0 Å². The predicted molar refractivity (Wildman–Crippen MR) is 225 cm³/mol. The number of anilines is 1. The Balaban J connectivity index is 0.998. The molecule has 0 amide bonds. The molecule has 0 spiro atoms. The second-order valence-electron chi connectivity index (χ2n) is 13.9. The Hall–Kier alpha value is -7.04. The third kappa shape index (κ3) is 5.94. The van der Waals surface area contributed by atoms with Gasteiger partial charge in [0.2, 0.25) is 0 Å². The predicted octanol–water partition coefficient (Wildman–Crippen LogP) is 11.8. The van der Waals surface area contributed by atoms with Gasteiger partial charge in [0.25, 0.3) is 0 Å². The van der Waals surface area contributed by atoms with Gasteiger partial charge in [-0.3, -0.25) is 0 Å². The third-order valence-corrected chi connectivity index (χ3v) is 10.5. The zero-order chi connectivity index (χ0) is 35.8. The van der Waals surface area contributed by atoms with E-state index in [1.807, 2.05) is 36.4 Å². The van der Waals surface area contributed by atoms with Crippen LogP contribution in [0.5, 0.6) is 0 Å². The molecule has 0 bridgehead atoms. The molecule has 10 rings (SSSR count). The molecule has 0 aromatic heterocycles. The first-order chi connectivity index (χ1) is 26.7. The van der Waals surface area contributed by atoms with Crippen LogP contribution >= 0.6 is 0 Å². The van der Waals surface area contributed by atoms with Crippen LogP contribution in [-0.2, 0) is 0 Å². The summed E-state index contributed by atoms with van der Waals surface area (Å²) in [5, 5.41) is 12.4. The third-order valence-electron chi connectivity index (χ3n) is 10.5. The topological polar surface area (TPSA) is 48.8 Å². The highest BCUT2D eigenvalue weighted by Crippen LogP contribution is 2.43. The molecule has 0 radical (unpaired) electrons. The maximum absolute atomic E-state index is 5.06. The zero-order valence-corrected chi connectivity index (χ0v) is 29.5. The first-order valence-corrected chi connectivity index (χ1v) is 18.5. The summed E-state index contributed by atoms with van der Waals surface area (Å²) in [7, 11) is 0. The lowest BCUT2D eigenvalue weighted by molar-refractivity contribution is 0.674. The maximum atomic E-state index is 5.06. The highest BCUT2D eigenvalue weighted by molar-refractivity contribution is 6.13. The summed E-state index contributed by atoms with van der Waals surface area (Å²) < 4.78 is 0. The van der Waals surface area contributed by atoms with E-state index >= 15 is 0 Å². The Morgan fingerprint density at radius 2 is 1.07 bits per heavy atom. The fraction of sp³-hybridized carbons (Fsp3) is 0.0400. The summed E-state index contributed by atoms with van der Waals surface area (Å²) in [4.78, 5) is 10.1. The number of aliphatic imine (C=N–C) groups is 2. The average molecular weight is 693 g/mol. The molecule has 0 fully saturated rings. The molecule has 0 saturated carbocycles. The van der Waals surface area contributed by atoms with Crippen LogP contribution in [0.25, 0.3) is 38.2 Å². The molecule has 0 aliphatic carbocycles. The normalized spacial score (nSPS) is 16.4. The van der Waals surface area contributed by atoms with Crippen LogP contribution in [0, 0.1) is 0 Å². The van der Waals surface area contributed by atoms with Gasteiger partial charge in [-0.1, -0.05) is 170 Å². The number of rotatable bonds is 6. The van der Waals surface area contributed by atoms with Crippen LogP contribution in [-0.4, -0.2) is 11.7 Å². The van der Waals surface area contributed by atoms with Gasteiger partial charge in [0, 0.05) is 22.4 Å². The van der Waals surface area contributed by atoms with Gasteiger partial charge in [0.05, 0.1) is 6.04 Å². The van der Waals surface area contributed by atoms with Gasteiger partial charge in [-0.2, -0.15) is 0 Å². The van der Waals surface area contributed by atoms with Crippen LogP contribution in [0.3, 0.4) is 0 Å². The van der Waals surface area contributed by atoms with Gasteiger partial charge in [-0.05, 0) is 79.2 Å². The summed E-state index contributed by atoms with van der Waals surface area (Å²) >= 11 is 0. The second kappa shape index (κ2) is 13.5. The number of fused-ring (bicyclic) bond motifs is 4. The smallest absolute Gasteiger partial charge is 0.159 e. The first-order valence-electron chi connectivity index (χ1n) is 18.5. The summed E-state index contributed by atoms with van der Waals surface area (Å²) in [6, 6.07) is 66.7. The minimum absolute atomic E-state index is 0.0492. The molecule has 2 N–H and O–H groups in total. The molecule has 2 heterocycles. The van der Waals surface area contributed by atoms with Crippen molar-refractivity contribution < 1.29 is 0 Å². The number of hydrogen-bond donors (Lipinski definition) is 2. The number of benzene rings is 8. The Labute approximate surface area is 314 Å². The molecule has 0 saturated heterocycles. The lowest BCUT2D eigenvalue weighted by atomic mass is 9.85. The van der Waals surface area contributed by atoms with Gasteiger partial charge in [-0.15, -0.1) is 0 Å². The van der Waals surface area contributed by atoms with E-state index in [0.717, 1.165) is 33.8 Å².